The molecule has 1 heterocycles. The smallest absolute Gasteiger partial charge is 0.339 e. The highest BCUT2D eigenvalue weighted by Crippen LogP contribution is 2.29. The first-order valence-electron chi connectivity index (χ1n) is 6.51. The molecular weight excluding hydrogens is 285 g/mol. The highest BCUT2D eigenvalue weighted by atomic mass is 19.4. The topological polar surface area (TPSA) is 40.6 Å². The van der Waals surface area contributed by atoms with Crippen molar-refractivity contribution in [1.82, 2.24) is 9.80 Å². The van der Waals surface area contributed by atoms with Crippen LogP contribution in [0.4, 0.5) is 13.2 Å². The molecule has 4 nitrogen and oxygen atoms in total. The molecule has 1 aromatic rings. The van der Waals surface area contributed by atoms with E-state index < -0.39 is 17.6 Å². The van der Waals surface area contributed by atoms with Crippen molar-refractivity contribution in [1.29, 1.82) is 0 Å². The lowest BCUT2D eigenvalue weighted by Crippen LogP contribution is -2.50. The van der Waals surface area contributed by atoms with E-state index in [4.69, 9.17) is 0 Å². The molecule has 0 spiro atoms. The second kappa shape index (κ2) is 5.75. The number of hydrogen-bond acceptors (Lipinski definition) is 2. The highest BCUT2D eigenvalue weighted by molar-refractivity contribution is 5.94. The number of amides is 2. The van der Waals surface area contributed by atoms with E-state index in [2.05, 4.69) is 0 Å². The first kappa shape index (κ1) is 15.3. The lowest BCUT2D eigenvalue weighted by Gasteiger charge is -2.34. The zero-order chi connectivity index (χ0) is 15.6. The number of rotatable bonds is 1. The van der Waals surface area contributed by atoms with E-state index in [9.17, 15) is 22.8 Å². The maximum Gasteiger partial charge on any atom is 0.416 e. The quantitative estimate of drug-likeness (QED) is 0.796. The van der Waals surface area contributed by atoms with Crippen LogP contribution in [0.1, 0.15) is 22.8 Å². The van der Waals surface area contributed by atoms with Crippen LogP contribution in [0.15, 0.2) is 24.3 Å². The third kappa shape index (κ3) is 3.53. The minimum atomic E-state index is -4.47. The van der Waals surface area contributed by atoms with Crippen LogP contribution in [0, 0.1) is 0 Å². The maximum absolute atomic E-state index is 12.6. The minimum Gasteiger partial charge on any atom is -0.339 e. The van der Waals surface area contributed by atoms with E-state index in [-0.39, 0.29) is 11.5 Å². The van der Waals surface area contributed by atoms with Gasteiger partial charge in [-0.05, 0) is 18.2 Å². The van der Waals surface area contributed by atoms with Crippen molar-refractivity contribution >= 4 is 11.8 Å². The predicted molar refractivity (Wildman–Crippen MR) is 69.6 cm³/mol. The average Bonchev–Trinajstić information content (AvgIpc) is 2.46. The third-order valence-electron chi connectivity index (χ3n) is 3.45. The summed E-state index contributed by atoms with van der Waals surface area (Å²) in [4.78, 5) is 26.5. The van der Waals surface area contributed by atoms with Gasteiger partial charge in [-0.2, -0.15) is 13.2 Å². The Morgan fingerprint density at radius 1 is 1.05 bits per heavy atom. The van der Waals surface area contributed by atoms with Crippen LogP contribution in [0.5, 0.6) is 0 Å². The Bertz CT molecular complexity index is 549. The lowest BCUT2D eigenvalue weighted by atomic mass is 10.1. The highest BCUT2D eigenvalue weighted by Gasteiger charge is 2.31. The van der Waals surface area contributed by atoms with Gasteiger partial charge in [0.25, 0.3) is 5.91 Å². The van der Waals surface area contributed by atoms with Crippen LogP contribution in [0.25, 0.3) is 0 Å². The summed E-state index contributed by atoms with van der Waals surface area (Å²) in [6, 6.07) is 4.39. The van der Waals surface area contributed by atoms with Gasteiger partial charge >= 0.3 is 6.18 Å². The summed E-state index contributed by atoms with van der Waals surface area (Å²) in [7, 11) is 0. The minimum absolute atomic E-state index is 0.0149. The molecule has 0 aromatic heterocycles. The normalized spacial score (nSPS) is 16.0. The fourth-order valence-corrected chi connectivity index (χ4v) is 2.24. The van der Waals surface area contributed by atoms with Gasteiger partial charge in [0.05, 0.1) is 5.56 Å². The summed E-state index contributed by atoms with van der Waals surface area (Å²) in [5, 5.41) is 0. The van der Waals surface area contributed by atoms with Gasteiger partial charge in [-0.1, -0.05) is 6.07 Å². The van der Waals surface area contributed by atoms with Gasteiger partial charge in [0.1, 0.15) is 0 Å². The van der Waals surface area contributed by atoms with E-state index in [0.29, 0.717) is 26.2 Å². The molecule has 0 aliphatic carbocycles. The van der Waals surface area contributed by atoms with Gasteiger partial charge in [0.15, 0.2) is 0 Å². The van der Waals surface area contributed by atoms with E-state index in [1.165, 1.54) is 24.0 Å². The fraction of sp³-hybridized carbons (Fsp3) is 0.429. The van der Waals surface area contributed by atoms with Crippen molar-refractivity contribution in [2.75, 3.05) is 26.2 Å². The molecule has 1 saturated heterocycles. The monoisotopic (exact) mass is 300 g/mol. The van der Waals surface area contributed by atoms with Crippen LogP contribution in [0.2, 0.25) is 0 Å². The number of carbonyl (C=O) groups excluding carboxylic acids is 2. The molecule has 1 fully saturated rings. The molecule has 7 heteroatoms. The van der Waals surface area contributed by atoms with E-state index in [1.54, 1.807) is 4.90 Å². The molecule has 0 unspecified atom stereocenters. The third-order valence-corrected chi connectivity index (χ3v) is 3.45. The summed E-state index contributed by atoms with van der Waals surface area (Å²) >= 11 is 0. The molecule has 0 bridgehead atoms. The molecule has 1 aliphatic rings. The Hall–Kier alpha value is -2.05. The Morgan fingerprint density at radius 2 is 1.62 bits per heavy atom. The number of hydrogen-bond donors (Lipinski definition) is 0. The Morgan fingerprint density at radius 3 is 2.14 bits per heavy atom. The van der Waals surface area contributed by atoms with Gasteiger partial charge in [0, 0.05) is 38.7 Å². The summed E-state index contributed by atoms with van der Waals surface area (Å²) in [5.74, 6) is -0.509. The molecule has 1 aliphatic heterocycles. The van der Waals surface area contributed by atoms with Crippen LogP contribution in [-0.2, 0) is 11.0 Å². The van der Waals surface area contributed by atoms with Crippen molar-refractivity contribution in [2.45, 2.75) is 13.1 Å². The summed E-state index contributed by atoms with van der Waals surface area (Å²) in [6.45, 7) is 2.91. The van der Waals surface area contributed by atoms with Gasteiger partial charge in [-0.15, -0.1) is 0 Å². The SMILES string of the molecule is CC(=O)N1CCN(C(=O)c2cccc(C(F)(F)F)c2)CC1. The second-order valence-corrected chi connectivity index (χ2v) is 4.88. The number of halogens is 3. The molecule has 1 aromatic carbocycles. The van der Waals surface area contributed by atoms with Gasteiger partial charge in [-0.25, -0.2) is 0 Å². The van der Waals surface area contributed by atoms with Crippen LogP contribution in [0.3, 0.4) is 0 Å². The van der Waals surface area contributed by atoms with Gasteiger partial charge in [0.2, 0.25) is 5.91 Å². The maximum atomic E-state index is 12.6. The lowest BCUT2D eigenvalue weighted by molar-refractivity contribution is -0.137. The number of piperazine rings is 1. The molecule has 114 valence electrons. The second-order valence-electron chi connectivity index (χ2n) is 4.88. The van der Waals surface area contributed by atoms with Crippen molar-refractivity contribution in [2.24, 2.45) is 0 Å². The summed E-state index contributed by atoms with van der Waals surface area (Å²) in [5.41, 5.74) is -0.822. The van der Waals surface area contributed by atoms with E-state index >= 15 is 0 Å². The standard InChI is InChI=1S/C14H15F3N2O2/c1-10(20)18-5-7-19(8-6-18)13(21)11-3-2-4-12(9-11)14(15,16)17/h2-4,9H,5-8H2,1H3. The molecular formula is C14H15F3N2O2. The Balaban J connectivity index is 2.09. The first-order valence-corrected chi connectivity index (χ1v) is 6.51. The largest absolute Gasteiger partial charge is 0.416 e. The number of alkyl halides is 3. The summed E-state index contributed by atoms with van der Waals surface area (Å²) < 4.78 is 37.9. The van der Waals surface area contributed by atoms with Crippen molar-refractivity contribution < 1.29 is 22.8 Å². The zero-order valence-electron chi connectivity index (χ0n) is 11.5. The van der Waals surface area contributed by atoms with E-state index in [1.807, 2.05) is 0 Å². The van der Waals surface area contributed by atoms with Crippen molar-refractivity contribution in [3.8, 4) is 0 Å². The number of carbonyl (C=O) groups is 2. The number of benzene rings is 1. The first-order chi connectivity index (χ1) is 9.79. The number of nitrogens with zero attached hydrogens (tertiary/aromatic N) is 2. The van der Waals surface area contributed by atoms with Gasteiger partial charge < -0.3 is 9.80 Å². The molecule has 0 radical (unpaired) electrons. The molecule has 21 heavy (non-hydrogen) atoms. The average molecular weight is 300 g/mol. The molecule has 2 rings (SSSR count). The van der Waals surface area contributed by atoms with Crippen molar-refractivity contribution in [3.63, 3.8) is 0 Å². The van der Waals surface area contributed by atoms with Crippen molar-refractivity contribution in [3.05, 3.63) is 35.4 Å². The van der Waals surface area contributed by atoms with Gasteiger partial charge in [-0.3, -0.25) is 9.59 Å². The predicted octanol–water partition coefficient (Wildman–Crippen LogP) is 2.01. The fourth-order valence-electron chi connectivity index (χ4n) is 2.24. The molecule has 0 saturated carbocycles. The molecule has 0 atom stereocenters. The molecule has 2 amide bonds. The van der Waals surface area contributed by atoms with Crippen LogP contribution in [-0.4, -0.2) is 47.8 Å². The molecule has 0 N–H and O–H groups in total. The summed E-state index contributed by atoms with van der Waals surface area (Å²) in [6.07, 6.45) is -4.47. The van der Waals surface area contributed by atoms with E-state index in [0.717, 1.165) is 12.1 Å². The Labute approximate surface area is 120 Å². The van der Waals surface area contributed by atoms with Crippen LogP contribution < -0.4 is 0 Å². The van der Waals surface area contributed by atoms with Crippen LogP contribution >= 0.6 is 0 Å². The Kier molecular flexibility index (Phi) is 4.20. The zero-order valence-corrected chi connectivity index (χ0v) is 11.5.